The van der Waals surface area contributed by atoms with Crippen LogP contribution in [0.1, 0.15) is 149 Å². The molecule has 4 fully saturated rings. The maximum atomic E-state index is 6.71. The van der Waals surface area contributed by atoms with Crippen LogP contribution in [-0.4, -0.2) is 167 Å². The quantitative estimate of drug-likeness (QED) is 0.0373. The summed E-state index contributed by atoms with van der Waals surface area (Å²) in [7, 11) is 10.0. The van der Waals surface area contributed by atoms with Crippen molar-refractivity contribution in [2.75, 3.05) is 84.3 Å². The van der Waals surface area contributed by atoms with Gasteiger partial charge in [0, 0.05) is 224 Å². The maximum Gasteiger partial charge on any atom is 1.00 e. The molecule has 0 saturated carbocycles. The first-order valence-corrected chi connectivity index (χ1v) is 48.2. The third-order valence-corrected chi connectivity index (χ3v) is 32.6. The molecule has 11 N–H and O–H groups in total. The van der Waals surface area contributed by atoms with Gasteiger partial charge in [-0.05, 0) is 239 Å². The van der Waals surface area contributed by atoms with E-state index >= 15 is 0 Å². The van der Waals surface area contributed by atoms with E-state index in [-0.39, 0.29) is 61.9 Å². The summed E-state index contributed by atoms with van der Waals surface area (Å²) in [6.07, 6.45) is 48.0. The van der Waals surface area contributed by atoms with E-state index < -0.39 is 0 Å². The predicted molar refractivity (Wildman–Crippen MR) is 547 cm³/mol. The summed E-state index contributed by atoms with van der Waals surface area (Å²) < 4.78 is 10.1. The number of rotatable bonds is 7. The number of halogens is 6. The van der Waals surface area contributed by atoms with Gasteiger partial charge in [-0.3, -0.25) is 37.5 Å². The number of nitrogens with zero attached hydrogens (tertiary/aromatic N) is 22. The summed E-state index contributed by atoms with van der Waals surface area (Å²) >= 11 is 36.3. The predicted octanol–water partition coefficient (Wildman–Crippen LogP) is 13.6. The van der Waals surface area contributed by atoms with Gasteiger partial charge in [-0.15, -0.1) is 0 Å². The van der Waals surface area contributed by atoms with E-state index in [9.17, 15) is 0 Å². The summed E-state index contributed by atoms with van der Waals surface area (Å²) in [4.78, 5) is 77.4. The second-order valence-corrected chi connectivity index (χ2v) is 39.9. The molecule has 4 aliphatic carbocycles. The number of nitrogen functional groups attached to an aromatic ring is 3. The van der Waals surface area contributed by atoms with Crippen molar-refractivity contribution in [2.45, 2.75) is 154 Å². The third kappa shape index (κ3) is 20.4. The Bertz CT molecular complexity index is 6270. The van der Waals surface area contributed by atoms with Crippen molar-refractivity contribution in [1.29, 1.82) is 0 Å². The molecule has 673 valence electrons. The van der Waals surface area contributed by atoms with E-state index in [0.717, 1.165) is 184 Å². The molecular formula is C91H99B3Cl4I2N28NaS3. The zero-order valence-corrected chi connectivity index (χ0v) is 83.5. The number of nitrogens with one attached hydrogen (secondary N) is 1. The molecule has 4 saturated heterocycles. The number of anilines is 6. The second kappa shape index (κ2) is 43.5. The number of pyridine rings is 7. The Morgan fingerprint density at radius 3 is 1.11 bits per heavy atom. The van der Waals surface area contributed by atoms with Crippen LogP contribution in [0.5, 0.6) is 0 Å². The van der Waals surface area contributed by atoms with Gasteiger partial charge in [0.15, 0.2) is 22.6 Å². The Morgan fingerprint density at radius 1 is 0.402 bits per heavy atom. The average molecular weight is 2130 g/mol. The van der Waals surface area contributed by atoms with E-state index in [1.165, 1.54) is 94.7 Å². The molecule has 5 radical (unpaired) electrons. The Hall–Kier alpha value is -8.06. The van der Waals surface area contributed by atoms with Gasteiger partial charge < -0.3 is 61.3 Å². The molecule has 15 aromatic rings. The van der Waals surface area contributed by atoms with Gasteiger partial charge >= 0.3 is 29.6 Å². The SMILES string of the molecule is C.C.C[C@@H]1c2cccnc2CC12CCN(c1ncc(I)c3nccn13)CC2.C[C@@H]1c2cccnc2CC12CCN(c1ncc(Sc3ccnc(N)c3Cl)c3nccn13)CC2.Clc1ncc(I)c2nccn12.N[C@H]1c2cccnc2CC12CCNCC2.Nc1nccc(Sc2cnc(N3CCC4(CC3)Cc3ncccc3[C@@H]4N)n3ccnc23)c1Cl.Nc1nccc([S-])c1Cl.[B][B][B].[Na+]. The Balaban J connectivity index is 0.000000133. The molecule has 0 unspecified atom stereocenters. The smallest absolute Gasteiger partial charge is 0.778 e. The van der Waals surface area contributed by atoms with E-state index in [4.69, 9.17) is 103 Å². The van der Waals surface area contributed by atoms with Gasteiger partial charge in [0.25, 0.3) is 0 Å². The summed E-state index contributed by atoms with van der Waals surface area (Å²) in [5, 5.41) is 5.12. The standard InChI is InChI=1S/C24H24ClN7S.C23H23ClN8S.C19H20IN5.C12H17N3.C6H3ClIN3.C5H5ClN2S.2CH4.B3.Na/c1-15-16-3-2-7-27-17(16)13-24(15)5-10-31(11-6-24)23-30-14-19(22-29-9-12-32(22)23)33-18-4-8-28-21(26)20(18)25;24-18-16(3-7-28-20(18)26)33-17-13-30-22(32-11-8-29-21(17)32)31-9-4-23(5-10-31)12-15-14(19(23)25)2-1-6-27-15;1-13-14-3-2-6-21-16(14)11-19(13)4-8-24(9-5-19)18-23-12-15(20)17-22-7-10-25(17)18;13-11-9-2-1-5-15-10(9)8-12(11)3-6-14-7-4-12;7-6-10-3-4(8)5-9-1-2-11(5)6;6-4-3(9)1-2-8-5(4)7;;;1-3-2;/h2-4,7-9,12,14-15H,5-6,10-11,13H2,1H3,(H2,26,28);1-3,6-8,11,13,19H,4-5,9-10,12,25H2,(H2,26,28);2-3,6-7,10,12-13H,4-5,8-9,11H2,1H3;1-2,5,11,14H,3-4,6-8,13H2;1-3H;1-2H,(H3,7,8,9);2*1H4;;/q;;;;;;;;;+1/p-1/t15-;19-;13-;11-;;;;;;/m1010....../s1. The molecule has 4 spiro atoms. The zero-order chi connectivity index (χ0) is 89.9. The van der Waals surface area contributed by atoms with E-state index in [1.54, 1.807) is 47.6 Å². The van der Waals surface area contributed by atoms with Gasteiger partial charge in [-0.1, -0.05) is 117 Å². The van der Waals surface area contributed by atoms with Crippen LogP contribution in [-0.2, 0) is 38.3 Å². The summed E-state index contributed by atoms with van der Waals surface area (Å²) in [6, 6.07) is 22.5. The van der Waals surface area contributed by atoms with E-state index in [2.05, 4.69) is 200 Å². The molecule has 4 atom stereocenters. The normalized spacial score (nSPS) is 18.6. The molecule has 4 aliphatic heterocycles. The fourth-order valence-corrected chi connectivity index (χ4v) is 23.4. The van der Waals surface area contributed by atoms with Gasteiger partial charge in [0.1, 0.15) is 17.5 Å². The van der Waals surface area contributed by atoms with Crippen molar-refractivity contribution >= 4 is 208 Å². The van der Waals surface area contributed by atoms with Crippen LogP contribution < -0.4 is 78.2 Å². The molecule has 23 rings (SSSR count). The zero-order valence-electron chi connectivity index (χ0n) is 71.7. The average Bonchev–Trinajstić information content (AvgIpc) is 1.58. The largest absolute Gasteiger partial charge is 1.00 e. The van der Waals surface area contributed by atoms with E-state index in [1.807, 2.05) is 103 Å². The van der Waals surface area contributed by atoms with Crippen molar-refractivity contribution in [3.63, 3.8) is 0 Å². The molecule has 28 nitrogen and oxygen atoms in total. The molecule has 41 heteroatoms. The van der Waals surface area contributed by atoms with Crippen molar-refractivity contribution in [3.8, 4) is 0 Å². The van der Waals surface area contributed by atoms with Gasteiger partial charge in [0.05, 0.1) is 32.0 Å². The van der Waals surface area contributed by atoms with Crippen molar-refractivity contribution in [2.24, 2.45) is 33.1 Å². The molecule has 0 bridgehead atoms. The minimum atomic E-state index is 0. The Morgan fingerprint density at radius 2 is 0.727 bits per heavy atom. The van der Waals surface area contributed by atoms with Gasteiger partial charge in [-0.2, -0.15) is 4.90 Å². The number of nitrogens with two attached hydrogens (primary N) is 5. The Kier molecular flexibility index (Phi) is 32.9. The fraction of sp³-hybridized carbons (Fsp3) is 0.352. The van der Waals surface area contributed by atoms with E-state index in [0.29, 0.717) is 70.8 Å². The summed E-state index contributed by atoms with van der Waals surface area (Å²) in [5.74, 6) is 4.92. The molecule has 15 aromatic heterocycles. The van der Waals surface area contributed by atoms with Crippen LogP contribution in [0.2, 0.25) is 20.4 Å². The van der Waals surface area contributed by atoms with Crippen LogP contribution in [0.4, 0.5) is 35.3 Å². The minimum Gasteiger partial charge on any atom is -0.778 e. The van der Waals surface area contributed by atoms with Crippen molar-refractivity contribution < 1.29 is 29.6 Å². The molecule has 19 heterocycles. The second-order valence-electron chi connectivity index (χ2n) is 33.5. The molecule has 0 amide bonds. The number of fused-ring (bicyclic) bond motifs is 8. The molecule has 0 aromatic carbocycles. The van der Waals surface area contributed by atoms with Gasteiger partial charge in [0.2, 0.25) is 23.1 Å². The number of hydrogen-bond donors (Lipinski definition) is 6. The Labute approximate surface area is 855 Å². The fourth-order valence-electron chi connectivity index (χ4n) is 19.6. The van der Waals surface area contributed by atoms with Crippen molar-refractivity contribution in [1.82, 2.24) is 97.7 Å². The van der Waals surface area contributed by atoms with Crippen molar-refractivity contribution in [3.05, 3.63) is 257 Å². The number of aromatic nitrogens is 19. The number of hydrogen-bond acceptors (Lipinski definition) is 27. The summed E-state index contributed by atoms with van der Waals surface area (Å²) in [5.41, 5.74) is 45.1. The first-order valence-electron chi connectivity index (χ1n) is 42.5. The maximum absolute atomic E-state index is 6.71. The topological polar surface area (TPSA) is 363 Å². The number of imidazole rings is 4. The van der Waals surface area contributed by atoms with Crippen LogP contribution in [0, 0.1) is 28.8 Å². The first-order chi connectivity index (χ1) is 62.5. The van der Waals surface area contributed by atoms with Crippen LogP contribution in [0.15, 0.2) is 209 Å². The molecular weight excluding hydrogens is 2030 g/mol. The van der Waals surface area contributed by atoms with Crippen LogP contribution >= 0.6 is 115 Å². The minimum absolute atomic E-state index is 0. The molecule has 132 heavy (non-hydrogen) atoms. The van der Waals surface area contributed by atoms with Crippen LogP contribution in [0.25, 0.3) is 22.6 Å². The first kappa shape index (κ1) is 99.9. The van der Waals surface area contributed by atoms with Crippen LogP contribution in [0.3, 0.4) is 0 Å². The number of piperidine rings is 4. The monoisotopic (exact) mass is 2130 g/mol. The summed E-state index contributed by atoms with van der Waals surface area (Å²) in [6.45, 7) is 12.8. The third-order valence-electron chi connectivity index (χ3n) is 26.8. The molecule has 8 aliphatic rings. The van der Waals surface area contributed by atoms with Gasteiger partial charge in [-0.25, -0.2) is 54.8 Å².